The van der Waals surface area contributed by atoms with E-state index in [0.29, 0.717) is 5.69 Å². The van der Waals surface area contributed by atoms with Gasteiger partial charge in [0, 0.05) is 24.7 Å². The highest BCUT2D eigenvalue weighted by molar-refractivity contribution is 7.90. The molecule has 2 fully saturated rings. The third kappa shape index (κ3) is 2.60. The molecule has 1 amide bonds. The molecule has 4 rings (SSSR count). The average Bonchev–Trinajstić information content (AvgIpc) is 3.31. The van der Waals surface area contributed by atoms with Crippen molar-refractivity contribution in [2.75, 3.05) is 18.4 Å². The van der Waals surface area contributed by atoms with Crippen LogP contribution >= 0.6 is 0 Å². The minimum absolute atomic E-state index is 0.148. The lowest BCUT2D eigenvalue weighted by atomic mass is 10.0. The van der Waals surface area contributed by atoms with Crippen molar-refractivity contribution in [1.82, 2.24) is 9.29 Å². The summed E-state index contributed by atoms with van der Waals surface area (Å²) in [4.78, 5) is 16.6. The normalized spacial score (nSPS) is 19.5. The van der Waals surface area contributed by atoms with Gasteiger partial charge in [-0.2, -0.15) is 4.31 Å². The Hall–Kier alpha value is -1.99. The molecule has 0 atom stereocenters. The molecule has 0 unspecified atom stereocenters. The summed E-state index contributed by atoms with van der Waals surface area (Å²) in [6.45, 7) is 0.561. The van der Waals surface area contributed by atoms with E-state index in [-0.39, 0.29) is 30.2 Å². The van der Waals surface area contributed by atoms with Crippen molar-refractivity contribution in [2.24, 2.45) is 5.92 Å². The van der Waals surface area contributed by atoms with Crippen LogP contribution in [0.15, 0.2) is 36.5 Å². The van der Waals surface area contributed by atoms with Crippen LogP contribution in [-0.4, -0.2) is 42.0 Å². The van der Waals surface area contributed by atoms with E-state index in [2.05, 4.69) is 10.3 Å². The molecule has 1 N–H and O–H groups in total. The van der Waals surface area contributed by atoms with Crippen LogP contribution in [0, 0.1) is 5.92 Å². The molecule has 0 radical (unpaired) electrons. The second-order valence-corrected chi connectivity index (χ2v) is 8.34. The summed E-state index contributed by atoms with van der Waals surface area (Å²) in [7, 11) is -3.16. The van der Waals surface area contributed by atoms with E-state index in [1.807, 2.05) is 30.3 Å². The maximum Gasteiger partial charge on any atom is 0.230 e. The van der Waals surface area contributed by atoms with Crippen molar-refractivity contribution in [3.05, 3.63) is 36.5 Å². The Morgan fingerprint density at radius 1 is 1.17 bits per heavy atom. The average molecular weight is 331 g/mol. The van der Waals surface area contributed by atoms with Gasteiger partial charge in [-0.25, -0.2) is 8.42 Å². The Balaban J connectivity index is 1.45. The lowest BCUT2D eigenvalue weighted by Crippen LogP contribution is -2.55. The second kappa shape index (κ2) is 5.28. The van der Waals surface area contributed by atoms with Gasteiger partial charge < -0.3 is 5.32 Å². The number of pyridine rings is 1. The first-order valence-electron chi connectivity index (χ1n) is 7.69. The topological polar surface area (TPSA) is 79.4 Å². The Morgan fingerprint density at radius 3 is 2.65 bits per heavy atom. The summed E-state index contributed by atoms with van der Waals surface area (Å²) in [5.74, 6) is -0.437. The molecule has 1 aromatic carbocycles. The van der Waals surface area contributed by atoms with Crippen LogP contribution in [0.2, 0.25) is 0 Å². The summed E-state index contributed by atoms with van der Waals surface area (Å²) in [6, 6.07) is 9.39. The molecule has 23 heavy (non-hydrogen) atoms. The number of hydrogen-bond acceptors (Lipinski definition) is 4. The Morgan fingerprint density at radius 2 is 1.91 bits per heavy atom. The first-order chi connectivity index (χ1) is 11.1. The number of sulfonamides is 1. The fourth-order valence-electron chi connectivity index (χ4n) is 2.83. The number of benzene rings is 1. The highest BCUT2D eigenvalue weighted by Gasteiger charge is 2.46. The van der Waals surface area contributed by atoms with Crippen LogP contribution in [-0.2, 0) is 14.8 Å². The molecule has 1 saturated carbocycles. The van der Waals surface area contributed by atoms with Crippen LogP contribution in [0.1, 0.15) is 12.8 Å². The van der Waals surface area contributed by atoms with Gasteiger partial charge in [0.05, 0.1) is 22.4 Å². The smallest absolute Gasteiger partial charge is 0.230 e. The van der Waals surface area contributed by atoms with Gasteiger partial charge in [0.2, 0.25) is 15.9 Å². The SMILES string of the molecule is O=C(Nc1cccc2cccnc12)C1CN(S(=O)(=O)C2CC2)C1. The number of amides is 1. The number of nitrogens with zero attached hydrogens (tertiary/aromatic N) is 2. The minimum Gasteiger partial charge on any atom is -0.324 e. The van der Waals surface area contributed by atoms with Gasteiger partial charge in [0.25, 0.3) is 0 Å². The number of anilines is 1. The molecule has 2 heterocycles. The zero-order valence-corrected chi connectivity index (χ0v) is 13.3. The number of carbonyl (C=O) groups excluding carboxylic acids is 1. The lowest BCUT2D eigenvalue weighted by Gasteiger charge is -2.37. The molecule has 2 aromatic rings. The van der Waals surface area contributed by atoms with Crippen LogP contribution < -0.4 is 5.32 Å². The van der Waals surface area contributed by atoms with Crippen molar-refractivity contribution < 1.29 is 13.2 Å². The molecule has 0 bridgehead atoms. The molecule has 1 aromatic heterocycles. The Bertz CT molecular complexity index is 866. The van der Waals surface area contributed by atoms with Gasteiger partial charge in [-0.05, 0) is 25.0 Å². The second-order valence-electron chi connectivity index (χ2n) is 6.13. The number of carbonyl (C=O) groups is 1. The van der Waals surface area contributed by atoms with Crippen molar-refractivity contribution in [1.29, 1.82) is 0 Å². The van der Waals surface area contributed by atoms with Crippen LogP contribution in [0.25, 0.3) is 10.9 Å². The first kappa shape index (κ1) is 14.6. The third-order valence-corrected chi connectivity index (χ3v) is 6.75. The van der Waals surface area contributed by atoms with Gasteiger partial charge in [-0.15, -0.1) is 0 Å². The molecule has 2 aliphatic rings. The molecule has 120 valence electrons. The maximum atomic E-state index is 12.3. The fourth-order valence-corrected chi connectivity index (χ4v) is 4.76. The molecule has 7 heteroatoms. The molecule has 1 aliphatic carbocycles. The number of hydrogen-bond donors (Lipinski definition) is 1. The predicted octanol–water partition coefficient (Wildman–Crippen LogP) is 1.60. The summed E-state index contributed by atoms with van der Waals surface area (Å²) in [5.41, 5.74) is 1.40. The van der Waals surface area contributed by atoms with Gasteiger partial charge in [0.1, 0.15) is 0 Å². The van der Waals surface area contributed by atoms with E-state index in [1.165, 1.54) is 4.31 Å². The number of para-hydroxylation sites is 1. The summed E-state index contributed by atoms with van der Waals surface area (Å²) < 4.78 is 25.5. The minimum atomic E-state index is -3.16. The molecule has 1 saturated heterocycles. The van der Waals surface area contributed by atoms with Gasteiger partial charge in [-0.1, -0.05) is 18.2 Å². The molecular weight excluding hydrogens is 314 g/mol. The maximum absolute atomic E-state index is 12.3. The zero-order valence-electron chi connectivity index (χ0n) is 12.5. The van der Waals surface area contributed by atoms with Gasteiger partial charge >= 0.3 is 0 Å². The standard InChI is InChI=1S/C16H17N3O3S/c20-16(12-9-19(10-12)23(21,22)13-6-7-13)18-14-5-1-3-11-4-2-8-17-15(11)14/h1-5,8,12-13H,6-7,9-10H2,(H,18,20). The number of fused-ring (bicyclic) bond motifs is 1. The molecule has 6 nitrogen and oxygen atoms in total. The Kier molecular flexibility index (Phi) is 3.35. The predicted molar refractivity (Wildman–Crippen MR) is 87.4 cm³/mol. The van der Waals surface area contributed by atoms with E-state index in [0.717, 1.165) is 23.7 Å². The third-order valence-electron chi connectivity index (χ3n) is 4.41. The van der Waals surface area contributed by atoms with Crippen molar-refractivity contribution in [2.45, 2.75) is 18.1 Å². The van der Waals surface area contributed by atoms with Crippen molar-refractivity contribution in [3.63, 3.8) is 0 Å². The van der Waals surface area contributed by atoms with Crippen molar-refractivity contribution >= 4 is 32.5 Å². The van der Waals surface area contributed by atoms with Gasteiger partial charge in [0.15, 0.2) is 0 Å². The number of nitrogens with one attached hydrogen (secondary N) is 1. The summed E-state index contributed by atoms with van der Waals surface area (Å²) >= 11 is 0. The monoisotopic (exact) mass is 331 g/mol. The molecule has 1 aliphatic heterocycles. The lowest BCUT2D eigenvalue weighted by molar-refractivity contribution is -0.122. The largest absolute Gasteiger partial charge is 0.324 e. The Labute approximate surface area is 134 Å². The van der Waals surface area contributed by atoms with E-state index >= 15 is 0 Å². The number of rotatable bonds is 4. The van der Waals surface area contributed by atoms with E-state index in [4.69, 9.17) is 0 Å². The fraction of sp³-hybridized carbons (Fsp3) is 0.375. The summed E-state index contributed by atoms with van der Waals surface area (Å²) in [6.07, 6.45) is 3.18. The highest BCUT2D eigenvalue weighted by Crippen LogP contribution is 2.34. The van der Waals surface area contributed by atoms with E-state index in [1.54, 1.807) is 6.20 Å². The molecule has 0 spiro atoms. The zero-order chi connectivity index (χ0) is 16.0. The molecular formula is C16H17N3O3S. The van der Waals surface area contributed by atoms with Crippen molar-refractivity contribution in [3.8, 4) is 0 Å². The highest BCUT2D eigenvalue weighted by atomic mass is 32.2. The summed E-state index contributed by atoms with van der Waals surface area (Å²) in [5, 5.41) is 3.62. The van der Waals surface area contributed by atoms with Crippen LogP contribution in [0.3, 0.4) is 0 Å². The van der Waals surface area contributed by atoms with Crippen LogP contribution in [0.5, 0.6) is 0 Å². The first-order valence-corrected chi connectivity index (χ1v) is 9.19. The quantitative estimate of drug-likeness (QED) is 0.923. The van der Waals surface area contributed by atoms with Crippen LogP contribution in [0.4, 0.5) is 5.69 Å². The van der Waals surface area contributed by atoms with Gasteiger partial charge in [-0.3, -0.25) is 9.78 Å². The number of aromatic nitrogens is 1. The van der Waals surface area contributed by atoms with E-state index in [9.17, 15) is 13.2 Å². The van der Waals surface area contributed by atoms with E-state index < -0.39 is 10.0 Å².